The van der Waals surface area contributed by atoms with E-state index in [1.165, 1.54) is 24.3 Å². The van der Waals surface area contributed by atoms with E-state index in [2.05, 4.69) is 15.1 Å². The molecule has 1 aliphatic carbocycles. The van der Waals surface area contributed by atoms with E-state index in [1.807, 2.05) is 6.07 Å². The van der Waals surface area contributed by atoms with Gasteiger partial charge in [0.1, 0.15) is 0 Å². The van der Waals surface area contributed by atoms with Crippen molar-refractivity contribution in [3.05, 3.63) is 77.2 Å². The number of fused-ring (bicyclic) bond motifs is 1. The van der Waals surface area contributed by atoms with Crippen LogP contribution in [-0.4, -0.2) is 32.0 Å². The van der Waals surface area contributed by atoms with Crippen molar-refractivity contribution in [1.29, 1.82) is 0 Å². The van der Waals surface area contributed by atoms with Gasteiger partial charge in [-0.05, 0) is 43.5 Å². The van der Waals surface area contributed by atoms with Gasteiger partial charge in [0.2, 0.25) is 0 Å². The van der Waals surface area contributed by atoms with Crippen LogP contribution < -0.4 is 0 Å². The first-order valence-electron chi connectivity index (χ1n) is 10.5. The number of hydrogen-bond donors (Lipinski definition) is 0. The molecule has 0 unspecified atom stereocenters. The molecular formula is C24H19F3N4O2. The van der Waals surface area contributed by atoms with E-state index in [4.69, 9.17) is 4.52 Å². The molecule has 6 nitrogen and oxygen atoms in total. The van der Waals surface area contributed by atoms with Gasteiger partial charge < -0.3 is 9.42 Å². The number of aryl methyl sites for hydroxylation is 1. The van der Waals surface area contributed by atoms with Crippen LogP contribution in [0.25, 0.3) is 22.4 Å². The molecule has 33 heavy (non-hydrogen) atoms. The number of benzene rings is 1. The average Bonchev–Trinajstić information content (AvgIpc) is 3.59. The van der Waals surface area contributed by atoms with Crippen LogP contribution in [0.4, 0.5) is 13.2 Å². The molecule has 0 radical (unpaired) electrons. The van der Waals surface area contributed by atoms with Crippen molar-refractivity contribution in [2.45, 2.75) is 38.5 Å². The molecule has 5 rings (SSSR count). The summed E-state index contributed by atoms with van der Waals surface area (Å²) in [5.74, 6) is -0.300. The second kappa shape index (κ2) is 7.99. The van der Waals surface area contributed by atoms with E-state index < -0.39 is 11.7 Å². The highest BCUT2D eigenvalue weighted by Gasteiger charge is 2.36. The van der Waals surface area contributed by atoms with Crippen LogP contribution in [0.3, 0.4) is 0 Å². The Morgan fingerprint density at radius 1 is 1.18 bits per heavy atom. The Balaban J connectivity index is 1.64. The molecule has 0 aliphatic heterocycles. The van der Waals surface area contributed by atoms with Gasteiger partial charge in [0.05, 0.1) is 27.9 Å². The van der Waals surface area contributed by atoms with Gasteiger partial charge in [0.15, 0.2) is 0 Å². The first-order chi connectivity index (χ1) is 15.8. The Hall–Kier alpha value is -3.75. The summed E-state index contributed by atoms with van der Waals surface area (Å²) in [6.07, 6.45) is 0.513. The first-order valence-corrected chi connectivity index (χ1v) is 10.5. The molecule has 1 amide bonds. The molecule has 0 atom stereocenters. The smallest absolute Gasteiger partial charge is 0.335 e. The molecule has 9 heteroatoms. The van der Waals surface area contributed by atoms with Crippen molar-refractivity contribution < 1.29 is 22.5 Å². The van der Waals surface area contributed by atoms with Crippen LogP contribution in [0.1, 0.15) is 40.0 Å². The van der Waals surface area contributed by atoms with Crippen LogP contribution in [0.2, 0.25) is 0 Å². The number of hydrogen-bond acceptors (Lipinski definition) is 5. The maximum atomic E-state index is 13.7. The lowest BCUT2D eigenvalue weighted by molar-refractivity contribution is -0.137. The minimum absolute atomic E-state index is 0.00653. The molecule has 3 aromatic heterocycles. The number of halogens is 3. The van der Waals surface area contributed by atoms with E-state index in [0.717, 1.165) is 24.5 Å². The fourth-order valence-corrected chi connectivity index (χ4v) is 3.95. The highest BCUT2D eigenvalue weighted by molar-refractivity contribution is 6.07. The van der Waals surface area contributed by atoms with Crippen LogP contribution in [0.15, 0.2) is 59.4 Å². The lowest BCUT2D eigenvalue weighted by Crippen LogP contribution is -2.33. The third kappa shape index (κ3) is 4.06. The lowest BCUT2D eigenvalue weighted by atomic mass is 10.00. The minimum atomic E-state index is -4.57. The highest BCUT2D eigenvalue weighted by Crippen LogP contribution is 2.38. The van der Waals surface area contributed by atoms with Crippen molar-refractivity contribution in [2.75, 3.05) is 0 Å². The van der Waals surface area contributed by atoms with Gasteiger partial charge in [0, 0.05) is 30.5 Å². The summed E-state index contributed by atoms with van der Waals surface area (Å²) in [4.78, 5) is 23.9. The first kappa shape index (κ1) is 21.1. The topological polar surface area (TPSA) is 72.1 Å². The fourth-order valence-electron chi connectivity index (χ4n) is 3.95. The number of aromatic nitrogens is 3. The molecule has 1 saturated carbocycles. The maximum Gasteiger partial charge on any atom is 0.417 e. The standard InChI is InChI=1S/C24H19F3N4O2/c1-14-21-18(23(32)31(16-8-9-16)13-15-5-4-10-28-12-15)11-20(29-22(21)33-30-14)17-6-2-3-7-19(17)24(25,26)27/h2-7,10-12,16H,8-9,13H2,1H3. The quantitative estimate of drug-likeness (QED) is 0.405. The number of amides is 1. The predicted octanol–water partition coefficient (Wildman–Crippen LogP) is 5.42. The molecule has 3 heterocycles. The fraction of sp³-hybridized carbons (Fsp3) is 0.250. The van der Waals surface area contributed by atoms with Crippen LogP contribution in [-0.2, 0) is 12.7 Å². The number of carbonyl (C=O) groups is 1. The molecule has 1 aliphatic rings. The summed E-state index contributed by atoms with van der Waals surface area (Å²) in [6.45, 7) is 2.02. The van der Waals surface area contributed by atoms with Crippen molar-refractivity contribution in [1.82, 2.24) is 20.0 Å². The van der Waals surface area contributed by atoms with Crippen molar-refractivity contribution >= 4 is 17.0 Å². The molecule has 0 saturated heterocycles. The Morgan fingerprint density at radius 2 is 1.97 bits per heavy atom. The monoisotopic (exact) mass is 452 g/mol. The van der Waals surface area contributed by atoms with Gasteiger partial charge in [-0.25, -0.2) is 4.98 Å². The maximum absolute atomic E-state index is 13.7. The summed E-state index contributed by atoms with van der Waals surface area (Å²) in [5.41, 5.74) is 0.624. The lowest BCUT2D eigenvalue weighted by Gasteiger charge is -2.23. The van der Waals surface area contributed by atoms with Gasteiger partial charge in [-0.15, -0.1) is 0 Å². The molecule has 168 valence electrons. The number of pyridine rings is 2. The van der Waals surface area contributed by atoms with Gasteiger partial charge in [0.25, 0.3) is 11.6 Å². The Labute approximate surface area is 187 Å². The van der Waals surface area contributed by atoms with Gasteiger partial charge in [-0.1, -0.05) is 29.4 Å². The summed E-state index contributed by atoms with van der Waals surface area (Å²) in [7, 11) is 0. The van der Waals surface area contributed by atoms with E-state index in [0.29, 0.717) is 17.6 Å². The molecule has 0 N–H and O–H groups in total. The third-order valence-corrected chi connectivity index (χ3v) is 5.68. The van der Waals surface area contributed by atoms with Crippen LogP contribution in [0, 0.1) is 6.92 Å². The van der Waals surface area contributed by atoms with Crippen LogP contribution >= 0.6 is 0 Å². The van der Waals surface area contributed by atoms with Gasteiger partial charge in [-0.3, -0.25) is 9.78 Å². The van der Waals surface area contributed by atoms with Crippen LogP contribution in [0.5, 0.6) is 0 Å². The third-order valence-electron chi connectivity index (χ3n) is 5.68. The molecule has 1 aromatic carbocycles. The van der Waals surface area contributed by atoms with Gasteiger partial charge in [-0.2, -0.15) is 13.2 Å². The average molecular weight is 452 g/mol. The SMILES string of the molecule is Cc1noc2nc(-c3ccccc3C(F)(F)F)cc(C(=O)N(Cc3cccnc3)C3CC3)c12. The van der Waals surface area contributed by atoms with Gasteiger partial charge >= 0.3 is 6.18 Å². The number of carbonyl (C=O) groups excluding carboxylic acids is 1. The second-order valence-electron chi connectivity index (χ2n) is 8.07. The molecule has 0 spiro atoms. The zero-order chi connectivity index (χ0) is 23.2. The zero-order valence-corrected chi connectivity index (χ0v) is 17.6. The summed E-state index contributed by atoms with van der Waals surface area (Å²) >= 11 is 0. The predicted molar refractivity (Wildman–Crippen MR) is 114 cm³/mol. The van der Waals surface area contributed by atoms with E-state index in [-0.39, 0.29) is 34.5 Å². The number of alkyl halides is 3. The summed E-state index contributed by atoms with van der Waals surface area (Å²) in [6, 6.07) is 10.3. The van der Waals surface area contributed by atoms with Crippen molar-refractivity contribution in [2.24, 2.45) is 0 Å². The molecule has 1 fully saturated rings. The Bertz CT molecular complexity index is 1330. The highest BCUT2D eigenvalue weighted by atomic mass is 19.4. The minimum Gasteiger partial charge on any atom is -0.335 e. The number of nitrogens with zero attached hydrogens (tertiary/aromatic N) is 4. The molecule has 4 aromatic rings. The molecule has 0 bridgehead atoms. The second-order valence-corrected chi connectivity index (χ2v) is 8.07. The number of rotatable bonds is 5. The van der Waals surface area contributed by atoms with Crippen molar-refractivity contribution in [3.63, 3.8) is 0 Å². The normalized spacial score (nSPS) is 13.9. The van der Waals surface area contributed by atoms with E-state index in [9.17, 15) is 18.0 Å². The van der Waals surface area contributed by atoms with Crippen molar-refractivity contribution in [3.8, 4) is 11.3 Å². The Kier molecular flexibility index (Phi) is 5.11. The van der Waals surface area contributed by atoms with E-state index in [1.54, 1.807) is 30.3 Å². The largest absolute Gasteiger partial charge is 0.417 e. The molecular weight excluding hydrogens is 433 g/mol. The zero-order valence-electron chi connectivity index (χ0n) is 17.6. The summed E-state index contributed by atoms with van der Waals surface area (Å²) in [5, 5.41) is 4.32. The Morgan fingerprint density at radius 3 is 2.67 bits per heavy atom. The van der Waals surface area contributed by atoms with E-state index >= 15 is 0 Å². The summed E-state index contributed by atoms with van der Waals surface area (Å²) < 4.78 is 46.2.